The molecule has 3 N–H and O–H groups in total. The van der Waals surface area contributed by atoms with Crippen LogP contribution in [0.15, 0.2) is 24.3 Å². The van der Waals surface area contributed by atoms with Crippen molar-refractivity contribution < 1.29 is 0 Å². The minimum absolute atomic E-state index is 0.180. The molecule has 1 aromatic carbocycles. The number of imidazole rings is 1. The summed E-state index contributed by atoms with van der Waals surface area (Å²) in [7, 11) is 0. The number of nitrogens with zero attached hydrogens (tertiary/aromatic N) is 1. The maximum Gasteiger partial charge on any atom is 0.107 e. The average molecular weight is 241 g/mol. The topological polar surface area (TPSA) is 54.7 Å². The van der Waals surface area contributed by atoms with Crippen molar-refractivity contribution >= 4 is 11.0 Å². The molecule has 0 bridgehead atoms. The molecule has 94 valence electrons. The molecule has 4 rings (SSSR count). The highest BCUT2D eigenvalue weighted by Gasteiger charge is 2.62. The zero-order valence-corrected chi connectivity index (χ0v) is 10.6. The molecule has 2 aromatic rings. The van der Waals surface area contributed by atoms with Gasteiger partial charge in [0.15, 0.2) is 0 Å². The molecule has 0 radical (unpaired) electrons. The lowest BCUT2D eigenvalue weighted by Crippen LogP contribution is -2.34. The predicted octanol–water partition coefficient (Wildman–Crippen LogP) is 2.77. The highest BCUT2D eigenvalue weighted by Crippen LogP contribution is 2.64. The zero-order chi connectivity index (χ0) is 12.2. The number of aromatic amines is 1. The number of aromatic nitrogens is 2. The average Bonchev–Trinajstić information content (AvgIpc) is 3.27. The Morgan fingerprint density at radius 3 is 2.61 bits per heavy atom. The molecule has 18 heavy (non-hydrogen) atoms. The standard InChI is InChI=1S/C15H19N3/c16-15(9-10-15)14(7-8-14)6-5-13-17-11-3-1-2-4-12(11)18-13/h1-4H,5-10,16H2,(H,17,18). The van der Waals surface area contributed by atoms with Gasteiger partial charge in [-0.3, -0.25) is 0 Å². The predicted molar refractivity (Wildman–Crippen MR) is 72.2 cm³/mol. The summed E-state index contributed by atoms with van der Waals surface area (Å²) in [5.74, 6) is 1.12. The minimum atomic E-state index is 0.180. The molecule has 3 nitrogen and oxygen atoms in total. The molecule has 2 aliphatic carbocycles. The Morgan fingerprint density at radius 2 is 1.94 bits per heavy atom. The van der Waals surface area contributed by atoms with Crippen molar-refractivity contribution in [3.05, 3.63) is 30.1 Å². The van der Waals surface area contributed by atoms with Crippen LogP contribution in [-0.4, -0.2) is 15.5 Å². The first-order chi connectivity index (χ1) is 8.71. The van der Waals surface area contributed by atoms with Crippen molar-refractivity contribution in [2.24, 2.45) is 11.1 Å². The minimum Gasteiger partial charge on any atom is -0.342 e. The number of aryl methyl sites for hydroxylation is 1. The van der Waals surface area contributed by atoms with Gasteiger partial charge in [0.25, 0.3) is 0 Å². The molecule has 0 aliphatic heterocycles. The number of nitrogens with two attached hydrogens (primary N) is 1. The molecule has 0 saturated heterocycles. The summed E-state index contributed by atoms with van der Waals surface area (Å²) in [5, 5.41) is 0. The summed E-state index contributed by atoms with van der Waals surface area (Å²) in [4.78, 5) is 8.07. The number of hydrogen-bond acceptors (Lipinski definition) is 2. The lowest BCUT2D eigenvalue weighted by atomic mass is 9.89. The lowest BCUT2D eigenvalue weighted by molar-refractivity contribution is 0.349. The van der Waals surface area contributed by atoms with E-state index in [-0.39, 0.29) is 5.54 Å². The molecule has 0 spiro atoms. The van der Waals surface area contributed by atoms with Crippen LogP contribution in [0.1, 0.15) is 37.9 Å². The van der Waals surface area contributed by atoms with Crippen molar-refractivity contribution in [1.29, 1.82) is 0 Å². The van der Waals surface area contributed by atoms with Crippen molar-refractivity contribution in [3.8, 4) is 0 Å². The van der Waals surface area contributed by atoms with Crippen LogP contribution in [0.3, 0.4) is 0 Å². The van der Waals surface area contributed by atoms with Crippen molar-refractivity contribution in [1.82, 2.24) is 9.97 Å². The third-order valence-corrected chi connectivity index (χ3v) is 4.98. The number of rotatable bonds is 4. The summed E-state index contributed by atoms with van der Waals surface area (Å²) in [6.45, 7) is 0. The van der Waals surface area contributed by atoms with Crippen molar-refractivity contribution in [2.75, 3.05) is 0 Å². The Hall–Kier alpha value is -1.35. The Morgan fingerprint density at radius 1 is 1.17 bits per heavy atom. The van der Waals surface area contributed by atoms with Gasteiger partial charge in [-0.15, -0.1) is 0 Å². The molecule has 3 heteroatoms. The van der Waals surface area contributed by atoms with Gasteiger partial charge in [0.2, 0.25) is 0 Å². The fraction of sp³-hybridized carbons (Fsp3) is 0.533. The number of H-pyrrole nitrogens is 1. The fourth-order valence-corrected chi connectivity index (χ4v) is 3.29. The summed E-state index contributed by atoms with van der Waals surface area (Å²) in [6.07, 6.45) is 7.34. The van der Waals surface area contributed by atoms with Gasteiger partial charge in [-0.2, -0.15) is 0 Å². The quantitative estimate of drug-likeness (QED) is 0.864. The first-order valence-electron chi connectivity index (χ1n) is 6.93. The van der Waals surface area contributed by atoms with Crippen molar-refractivity contribution in [2.45, 2.75) is 44.1 Å². The van der Waals surface area contributed by atoms with Crippen LogP contribution < -0.4 is 5.73 Å². The Balaban J connectivity index is 1.52. The second-order valence-corrected chi connectivity index (χ2v) is 6.14. The molecule has 0 amide bonds. The highest BCUT2D eigenvalue weighted by molar-refractivity contribution is 5.74. The normalized spacial score (nSPS) is 23.2. The maximum absolute atomic E-state index is 6.40. The number of benzene rings is 1. The monoisotopic (exact) mass is 241 g/mol. The second kappa shape index (κ2) is 3.35. The second-order valence-electron chi connectivity index (χ2n) is 6.14. The molecule has 0 unspecified atom stereocenters. The van der Waals surface area contributed by atoms with Gasteiger partial charge < -0.3 is 10.7 Å². The number of fused-ring (bicyclic) bond motifs is 1. The summed E-state index contributed by atoms with van der Waals surface area (Å²) >= 11 is 0. The van der Waals surface area contributed by atoms with E-state index in [1.54, 1.807) is 0 Å². The van der Waals surface area contributed by atoms with Crippen LogP contribution in [0.4, 0.5) is 0 Å². The maximum atomic E-state index is 6.40. The summed E-state index contributed by atoms with van der Waals surface area (Å²) in [6, 6.07) is 8.23. The van der Waals surface area contributed by atoms with E-state index in [1.165, 1.54) is 32.1 Å². The van der Waals surface area contributed by atoms with Gasteiger partial charge in [-0.05, 0) is 49.7 Å². The van der Waals surface area contributed by atoms with E-state index in [4.69, 9.17) is 5.73 Å². The molecule has 2 aliphatic rings. The highest BCUT2D eigenvalue weighted by atomic mass is 14.9. The molecule has 0 atom stereocenters. The number of para-hydroxylation sites is 2. The van der Waals surface area contributed by atoms with Gasteiger partial charge >= 0.3 is 0 Å². The fourth-order valence-electron chi connectivity index (χ4n) is 3.29. The SMILES string of the molecule is NC1(C2(CCc3nc4ccccc4[nH]3)CC2)CC1. The van der Waals surface area contributed by atoms with E-state index in [0.717, 1.165) is 23.3 Å². The van der Waals surface area contributed by atoms with E-state index < -0.39 is 0 Å². The molecular formula is C15H19N3. The number of hydrogen-bond donors (Lipinski definition) is 2. The first-order valence-corrected chi connectivity index (χ1v) is 6.93. The van der Waals surface area contributed by atoms with E-state index >= 15 is 0 Å². The first kappa shape index (κ1) is 10.6. The van der Waals surface area contributed by atoms with Crippen molar-refractivity contribution in [3.63, 3.8) is 0 Å². The van der Waals surface area contributed by atoms with E-state index in [2.05, 4.69) is 22.1 Å². The molecular weight excluding hydrogens is 222 g/mol. The van der Waals surface area contributed by atoms with Crippen LogP contribution in [-0.2, 0) is 6.42 Å². The van der Waals surface area contributed by atoms with Gasteiger partial charge in [0.1, 0.15) is 5.82 Å². The van der Waals surface area contributed by atoms with Crippen LogP contribution in [0, 0.1) is 5.41 Å². The van der Waals surface area contributed by atoms with Gasteiger partial charge in [0.05, 0.1) is 11.0 Å². The third-order valence-electron chi connectivity index (χ3n) is 4.98. The molecule has 2 saturated carbocycles. The Bertz CT molecular complexity index is 558. The Kier molecular flexibility index (Phi) is 1.97. The smallest absolute Gasteiger partial charge is 0.107 e. The van der Waals surface area contributed by atoms with Crippen LogP contribution in [0.25, 0.3) is 11.0 Å². The molecule has 2 fully saturated rings. The van der Waals surface area contributed by atoms with Crippen LogP contribution in [0.5, 0.6) is 0 Å². The third kappa shape index (κ3) is 1.50. The van der Waals surface area contributed by atoms with Gasteiger partial charge in [-0.1, -0.05) is 12.1 Å². The largest absolute Gasteiger partial charge is 0.342 e. The lowest BCUT2D eigenvalue weighted by Gasteiger charge is -2.22. The van der Waals surface area contributed by atoms with Crippen LogP contribution >= 0.6 is 0 Å². The molecule has 1 heterocycles. The zero-order valence-electron chi connectivity index (χ0n) is 10.6. The van der Waals surface area contributed by atoms with Gasteiger partial charge in [0, 0.05) is 12.0 Å². The Labute approximate surface area is 107 Å². The van der Waals surface area contributed by atoms with E-state index in [9.17, 15) is 0 Å². The number of nitrogens with one attached hydrogen (secondary N) is 1. The van der Waals surface area contributed by atoms with E-state index in [1.807, 2.05) is 12.1 Å². The summed E-state index contributed by atoms with van der Waals surface area (Å²) in [5.41, 5.74) is 9.25. The van der Waals surface area contributed by atoms with Gasteiger partial charge in [-0.25, -0.2) is 4.98 Å². The van der Waals surface area contributed by atoms with Crippen LogP contribution in [0.2, 0.25) is 0 Å². The van der Waals surface area contributed by atoms with E-state index in [0.29, 0.717) is 5.41 Å². The summed E-state index contributed by atoms with van der Waals surface area (Å²) < 4.78 is 0. The molecule has 1 aromatic heterocycles.